The first-order valence-corrected chi connectivity index (χ1v) is 9.79. The molecule has 6 nitrogen and oxygen atoms in total. The Kier molecular flexibility index (Phi) is 5.37. The van der Waals surface area contributed by atoms with Gasteiger partial charge in [0.25, 0.3) is 0 Å². The summed E-state index contributed by atoms with van der Waals surface area (Å²) in [5.74, 6) is -1.67. The topological polar surface area (TPSA) is 105 Å². The Balaban J connectivity index is 1.66. The van der Waals surface area contributed by atoms with E-state index in [9.17, 15) is 14.7 Å². The van der Waals surface area contributed by atoms with E-state index in [1.165, 1.54) is 6.07 Å². The number of aryl methyl sites for hydroxylation is 1. The monoisotopic (exact) mass is 411 g/mol. The summed E-state index contributed by atoms with van der Waals surface area (Å²) in [5.41, 5.74) is 10.5. The minimum atomic E-state index is -1.06. The molecule has 0 radical (unpaired) electrons. The molecule has 4 aromatic rings. The van der Waals surface area contributed by atoms with Crippen molar-refractivity contribution in [1.82, 2.24) is 4.98 Å². The summed E-state index contributed by atoms with van der Waals surface area (Å²) >= 11 is 0. The van der Waals surface area contributed by atoms with Crippen LogP contribution >= 0.6 is 0 Å². The fourth-order valence-corrected chi connectivity index (χ4v) is 3.63. The van der Waals surface area contributed by atoms with Gasteiger partial charge in [0.05, 0.1) is 22.5 Å². The fourth-order valence-electron chi connectivity index (χ4n) is 3.63. The Hall–Kier alpha value is -4.19. The normalized spacial score (nSPS) is 10.7. The van der Waals surface area contributed by atoms with Crippen molar-refractivity contribution in [2.24, 2.45) is 5.73 Å². The third-order valence-electron chi connectivity index (χ3n) is 5.19. The van der Waals surface area contributed by atoms with Crippen LogP contribution in [0.15, 0.2) is 72.8 Å². The van der Waals surface area contributed by atoms with E-state index in [-0.39, 0.29) is 11.1 Å². The number of fused-ring (bicyclic) bond motifs is 1. The highest BCUT2D eigenvalue weighted by atomic mass is 16.4. The zero-order valence-electron chi connectivity index (χ0n) is 16.9. The van der Waals surface area contributed by atoms with Crippen LogP contribution in [0.1, 0.15) is 32.0 Å². The minimum absolute atomic E-state index is 0.119. The number of rotatable bonds is 6. The molecule has 6 heteroatoms. The third kappa shape index (κ3) is 4.09. The predicted molar refractivity (Wildman–Crippen MR) is 121 cm³/mol. The number of anilines is 1. The van der Waals surface area contributed by atoms with Crippen LogP contribution in [0.4, 0.5) is 5.69 Å². The Morgan fingerprint density at radius 3 is 2.42 bits per heavy atom. The van der Waals surface area contributed by atoms with Gasteiger partial charge in [-0.25, -0.2) is 4.79 Å². The summed E-state index contributed by atoms with van der Waals surface area (Å²) in [6, 6.07) is 21.8. The Bertz CT molecular complexity index is 1310. The summed E-state index contributed by atoms with van der Waals surface area (Å²) in [6.07, 6.45) is 0. The lowest BCUT2D eigenvalue weighted by Gasteiger charge is -2.14. The molecule has 4 rings (SSSR count). The fraction of sp³-hybridized carbons (Fsp3) is 0.0800. The van der Waals surface area contributed by atoms with Crippen LogP contribution in [0.25, 0.3) is 22.0 Å². The number of aromatic nitrogens is 1. The lowest BCUT2D eigenvalue weighted by Crippen LogP contribution is -2.14. The van der Waals surface area contributed by atoms with Gasteiger partial charge >= 0.3 is 5.97 Å². The lowest BCUT2D eigenvalue weighted by molar-refractivity contribution is 0.0697. The number of nitrogens with one attached hydrogen (secondary N) is 1. The second-order valence-electron chi connectivity index (χ2n) is 7.26. The van der Waals surface area contributed by atoms with Crippen LogP contribution < -0.4 is 11.1 Å². The number of nitrogens with two attached hydrogens (primary N) is 1. The summed E-state index contributed by atoms with van der Waals surface area (Å²) in [4.78, 5) is 28.4. The van der Waals surface area contributed by atoms with Gasteiger partial charge in [-0.2, -0.15) is 0 Å². The van der Waals surface area contributed by atoms with Crippen molar-refractivity contribution in [1.29, 1.82) is 0 Å². The number of amides is 1. The average Bonchev–Trinajstić information content (AvgIpc) is 2.77. The zero-order valence-corrected chi connectivity index (χ0v) is 16.9. The number of nitrogens with zero attached hydrogens (tertiary/aromatic N) is 1. The van der Waals surface area contributed by atoms with Gasteiger partial charge in [-0.05, 0) is 47.9 Å². The molecule has 1 heterocycles. The molecule has 0 atom stereocenters. The number of carboxylic acids is 1. The smallest absolute Gasteiger partial charge is 0.336 e. The second kappa shape index (κ2) is 8.28. The minimum Gasteiger partial charge on any atom is -0.478 e. The second-order valence-corrected chi connectivity index (χ2v) is 7.26. The Morgan fingerprint density at radius 1 is 0.935 bits per heavy atom. The summed E-state index contributed by atoms with van der Waals surface area (Å²) in [6.45, 7) is 2.40. The zero-order chi connectivity index (χ0) is 22.0. The van der Waals surface area contributed by atoms with E-state index >= 15 is 0 Å². The largest absolute Gasteiger partial charge is 0.478 e. The van der Waals surface area contributed by atoms with E-state index in [0.29, 0.717) is 17.7 Å². The molecule has 0 aliphatic carbocycles. The molecular formula is C25H21N3O3. The number of carbonyl (C=O) groups is 2. The number of hydrogen-bond acceptors (Lipinski definition) is 4. The van der Waals surface area contributed by atoms with Crippen LogP contribution in [-0.4, -0.2) is 22.0 Å². The molecule has 31 heavy (non-hydrogen) atoms. The van der Waals surface area contributed by atoms with Crippen molar-refractivity contribution in [2.45, 2.75) is 13.5 Å². The number of carbonyl (C=O) groups excluding carboxylic acids is 1. The molecule has 0 fully saturated rings. The first kappa shape index (κ1) is 20.1. The van der Waals surface area contributed by atoms with Crippen molar-refractivity contribution < 1.29 is 14.7 Å². The molecule has 0 saturated carbocycles. The number of benzene rings is 3. The number of primary amides is 1. The highest BCUT2D eigenvalue weighted by Gasteiger charge is 2.17. The molecule has 0 aliphatic rings. The average molecular weight is 411 g/mol. The Labute approximate surface area is 179 Å². The van der Waals surface area contributed by atoms with Crippen LogP contribution in [0.3, 0.4) is 0 Å². The highest BCUT2D eigenvalue weighted by Crippen LogP contribution is 2.29. The van der Waals surface area contributed by atoms with Gasteiger partial charge in [0.2, 0.25) is 5.91 Å². The third-order valence-corrected chi connectivity index (χ3v) is 5.19. The number of para-hydroxylation sites is 1. The van der Waals surface area contributed by atoms with E-state index in [1.54, 1.807) is 30.3 Å². The van der Waals surface area contributed by atoms with Gasteiger partial charge in [0.15, 0.2) is 0 Å². The molecule has 4 N–H and O–H groups in total. The number of carboxylic acid groups (broad SMARTS) is 1. The van der Waals surface area contributed by atoms with Crippen LogP contribution in [0.2, 0.25) is 0 Å². The molecule has 0 saturated heterocycles. The standard InChI is InChI=1S/C25H21N3O3/c1-15-23(13-17-6-2-5-9-22(17)28-15)27-14-16-10-11-19(21(12-16)24(26)29)18-7-3-4-8-20(18)25(30)31/h2-13,27H,14H2,1H3,(H2,26,29)(H,30,31). The van der Waals surface area contributed by atoms with E-state index in [1.807, 2.05) is 43.3 Å². The maximum absolute atomic E-state index is 12.1. The van der Waals surface area contributed by atoms with Crippen molar-refractivity contribution in [3.05, 3.63) is 95.2 Å². The molecule has 1 amide bonds. The summed E-state index contributed by atoms with van der Waals surface area (Å²) in [5, 5.41) is 13.9. The molecule has 0 unspecified atom stereocenters. The lowest BCUT2D eigenvalue weighted by atomic mass is 9.93. The van der Waals surface area contributed by atoms with Gasteiger partial charge in [-0.3, -0.25) is 9.78 Å². The first-order valence-electron chi connectivity index (χ1n) is 9.79. The van der Waals surface area contributed by atoms with Crippen LogP contribution in [0, 0.1) is 6.92 Å². The highest BCUT2D eigenvalue weighted by molar-refractivity contribution is 6.04. The van der Waals surface area contributed by atoms with E-state index < -0.39 is 11.9 Å². The van der Waals surface area contributed by atoms with Crippen LogP contribution in [-0.2, 0) is 6.54 Å². The number of aromatic carboxylic acids is 1. The van der Waals surface area contributed by atoms with E-state index in [4.69, 9.17) is 5.73 Å². The maximum Gasteiger partial charge on any atom is 0.336 e. The predicted octanol–water partition coefficient (Wildman–Crippen LogP) is 4.62. The maximum atomic E-state index is 12.1. The molecule has 0 spiro atoms. The molecule has 1 aromatic heterocycles. The molecule has 154 valence electrons. The molecule has 0 aliphatic heterocycles. The summed E-state index contributed by atoms with van der Waals surface area (Å²) < 4.78 is 0. The number of pyridine rings is 1. The van der Waals surface area contributed by atoms with Gasteiger partial charge in [0, 0.05) is 17.5 Å². The molecular weight excluding hydrogens is 390 g/mol. The van der Waals surface area contributed by atoms with Crippen molar-refractivity contribution in [3.8, 4) is 11.1 Å². The number of hydrogen-bond donors (Lipinski definition) is 3. The van der Waals surface area contributed by atoms with Crippen molar-refractivity contribution in [3.63, 3.8) is 0 Å². The van der Waals surface area contributed by atoms with Crippen molar-refractivity contribution >= 4 is 28.5 Å². The van der Waals surface area contributed by atoms with Gasteiger partial charge in [-0.1, -0.05) is 48.5 Å². The Morgan fingerprint density at radius 2 is 1.65 bits per heavy atom. The van der Waals surface area contributed by atoms with Gasteiger partial charge < -0.3 is 16.2 Å². The van der Waals surface area contributed by atoms with Gasteiger partial charge in [0.1, 0.15) is 0 Å². The van der Waals surface area contributed by atoms with Gasteiger partial charge in [-0.15, -0.1) is 0 Å². The molecule has 3 aromatic carbocycles. The van der Waals surface area contributed by atoms with Crippen LogP contribution in [0.5, 0.6) is 0 Å². The first-order chi connectivity index (χ1) is 14.9. The molecule has 0 bridgehead atoms. The van der Waals surface area contributed by atoms with E-state index in [2.05, 4.69) is 10.3 Å². The summed E-state index contributed by atoms with van der Waals surface area (Å²) in [7, 11) is 0. The SMILES string of the molecule is Cc1nc2ccccc2cc1NCc1ccc(-c2ccccc2C(=O)O)c(C(N)=O)c1. The van der Waals surface area contributed by atoms with E-state index in [0.717, 1.165) is 27.8 Å². The quantitative estimate of drug-likeness (QED) is 0.429. The van der Waals surface area contributed by atoms with Crippen molar-refractivity contribution in [2.75, 3.05) is 5.32 Å².